The molecule has 0 saturated carbocycles. The van der Waals surface area contributed by atoms with Crippen molar-refractivity contribution in [1.29, 1.82) is 0 Å². The van der Waals surface area contributed by atoms with Crippen molar-refractivity contribution in [2.75, 3.05) is 0 Å². The Morgan fingerprint density at radius 3 is 2.23 bits per heavy atom. The van der Waals surface area contributed by atoms with Crippen molar-refractivity contribution >= 4 is 29.2 Å². The van der Waals surface area contributed by atoms with Gasteiger partial charge in [-0.25, -0.2) is 0 Å². The number of ketones is 1. The second-order valence-corrected chi connectivity index (χ2v) is 5.91. The van der Waals surface area contributed by atoms with Crippen molar-refractivity contribution in [2.45, 2.75) is 39.2 Å². The lowest BCUT2D eigenvalue weighted by Gasteiger charge is -2.18. The van der Waals surface area contributed by atoms with Gasteiger partial charge in [-0.1, -0.05) is 25.4 Å². The molecule has 5 nitrogen and oxygen atoms in total. The number of primary amides is 1. The summed E-state index contributed by atoms with van der Waals surface area (Å²) in [5, 5.41) is 3.17. The highest BCUT2D eigenvalue weighted by Crippen LogP contribution is 2.12. The van der Waals surface area contributed by atoms with Crippen molar-refractivity contribution in [1.82, 2.24) is 5.32 Å². The summed E-state index contributed by atoms with van der Waals surface area (Å²) < 4.78 is 0. The van der Waals surface area contributed by atoms with Crippen LogP contribution in [0.4, 0.5) is 0 Å². The molecule has 0 radical (unpaired) electrons. The normalized spacial score (nSPS) is 12.0. The van der Waals surface area contributed by atoms with E-state index in [1.807, 2.05) is 0 Å². The molecule has 1 atom stereocenters. The molecule has 0 aromatic heterocycles. The van der Waals surface area contributed by atoms with Crippen LogP contribution in [0.2, 0.25) is 5.02 Å². The van der Waals surface area contributed by atoms with Crippen LogP contribution in [-0.4, -0.2) is 23.6 Å². The highest BCUT2D eigenvalue weighted by Gasteiger charge is 2.21. The van der Waals surface area contributed by atoms with Gasteiger partial charge < -0.3 is 11.1 Å². The van der Waals surface area contributed by atoms with E-state index in [-0.39, 0.29) is 30.4 Å². The standard InChI is InChI=1S/C16H21ClN2O3/c1-10(2)15(16(18)22)19-14(21)5-3-4-13(20)11-6-8-12(17)9-7-11/h6-10,15H,3-5H2,1-2H3,(H2,18,22)(H,19,21)/t15-/m0/s1. The maximum atomic E-state index is 11.9. The number of hydrogen-bond acceptors (Lipinski definition) is 3. The molecule has 0 saturated heterocycles. The van der Waals surface area contributed by atoms with Crippen LogP contribution in [0.1, 0.15) is 43.5 Å². The number of carbonyl (C=O) groups is 3. The number of halogens is 1. The van der Waals surface area contributed by atoms with E-state index in [0.29, 0.717) is 17.0 Å². The van der Waals surface area contributed by atoms with Crippen molar-refractivity contribution in [3.63, 3.8) is 0 Å². The number of Topliss-reactive ketones (excluding diaryl/α,β-unsaturated/α-hetero) is 1. The molecule has 0 unspecified atom stereocenters. The van der Waals surface area contributed by atoms with Gasteiger partial charge in [0.1, 0.15) is 6.04 Å². The molecular formula is C16H21ClN2O3. The lowest BCUT2D eigenvalue weighted by atomic mass is 10.0. The van der Waals surface area contributed by atoms with Crippen LogP contribution in [0.5, 0.6) is 0 Å². The number of amides is 2. The second kappa shape index (κ2) is 8.54. The van der Waals surface area contributed by atoms with E-state index in [1.165, 1.54) is 0 Å². The zero-order valence-electron chi connectivity index (χ0n) is 12.8. The molecule has 0 aliphatic carbocycles. The smallest absolute Gasteiger partial charge is 0.240 e. The van der Waals surface area contributed by atoms with Gasteiger partial charge in [-0.05, 0) is 36.6 Å². The molecule has 0 aliphatic rings. The average molecular weight is 325 g/mol. The van der Waals surface area contributed by atoms with Gasteiger partial charge in [-0.3, -0.25) is 14.4 Å². The topological polar surface area (TPSA) is 89.3 Å². The molecule has 1 aromatic carbocycles. The molecule has 1 rings (SSSR count). The third-order valence-corrected chi connectivity index (χ3v) is 3.52. The maximum Gasteiger partial charge on any atom is 0.240 e. The zero-order chi connectivity index (χ0) is 16.7. The van der Waals surface area contributed by atoms with Crippen LogP contribution in [0.25, 0.3) is 0 Å². The summed E-state index contributed by atoms with van der Waals surface area (Å²) in [5.74, 6) is -0.945. The first-order valence-electron chi connectivity index (χ1n) is 7.18. The fourth-order valence-electron chi connectivity index (χ4n) is 2.00. The van der Waals surface area contributed by atoms with E-state index < -0.39 is 11.9 Å². The minimum absolute atomic E-state index is 0.0419. The van der Waals surface area contributed by atoms with E-state index >= 15 is 0 Å². The van der Waals surface area contributed by atoms with E-state index in [4.69, 9.17) is 17.3 Å². The molecule has 120 valence electrons. The van der Waals surface area contributed by atoms with Gasteiger partial charge in [0.25, 0.3) is 0 Å². The molecule has 6 heteroatoms. The van der Waals surface area contributed by atoms with Crippen LogP contribution in [-0.2, 0) is 9.59 Å². The number of carbonyl (C=O) groups excluding carboxylic acids is 3. The van der Waals surface area contributed by atoms with Gasteiger partial charge in [0.05, 0.1) is 0 Å². The van der Waals surface area contributed by atoms with Crippen LogP contribution in [0.3, 0.4) is 0 Å². The summed E-state index contributed by atoms with van der Waals surface area (Å²) >= 11 is 5.76. The van der Waals surface area contributed by atoms with Crippen LogP contribution >= 0.6 is 11.6 Å². The lowest BCUT2D eigenvalue weighted by Crippen LogP contribution is -2.47. The molecule has 0 spiro atoms. The first-order chi connectivity index (χ1) is 10.3. The molecule has 0 aliphatic heterocycles. The Bertz CT molecular complexity index is 541. The Morgan fingerprint density at radius 1 is 1.14 bits per heavy atom. The fraction of sp³-hybridized carbons (Fsp3) is 0.438. The van der Waals surface area contributed by atoms with Crippen molar-refractivity contribution in [3.8, 4) is 0 Å². The summed E-state index contributed by atoms with van der Waals surface area (Å²) in [5.41, 5.74) is 5.80. The van der Waals surface area contributed by atoms with E-state index in [2.05, 4.69) is 5.32 Å². The van der Waals surface area contributed by atoms with Gasteiger partial charge in [0, 0.05) is 23.4 Å². The third kappa shape index (κ3) is 5.85. The molecule has 22 heavy (non-hydrogen) atoms. The minimum Gasteiger partial charge on any atom is -0.368 e. The Labute approximate surface area is 135 Å². The summed E-state index contributed by atoms with van der Waals surface area (Å²) in [6, 6.07) is 5.95. The fourth-order valence-corrected chi connectivity index (χ4v) is 2.13. The number of hydrogen-bond donors (Lipinski definition) is 2. The van der Waals surface area contributed by atoms with Crippen LogP contribution in [0, 0.1) is 5.92 Å². The zero-order valence-corrected chi connectivity index (χ0v) is 13.5. The Hall–Kier alpha value is -1.88. The Kier molecular flexibility index (Phi) is 7.05. The Morgan fingerprint density at radius 2 is 1.73 bits per heavy atom. The number of nitrogens with two attached hydrogens (primary N) is 1. The van der Waals surface area contributed by atoms with Crippen molar-refractivity contribution in [2.24, 2.45) is 11.7 Å². The van der Waals surface area contributed by atoms with Crippen molar-refractivity contribution < 1.29 is 14.4 Å². The highest BCUT2D eigenvalue weighted by molar-refractivity contribution is 6.30. The molecule has 0 fully saturated rings. The largest absolute Gasteiger partial charge is 0.368 e. The van der Waals surface area contributed by atoms with Gasteiger partial charge in [0.15, 0.2) is 5.78 Å². The number of nitrogens with one attached hydrogen (secondary N) is 1. The average Bonchev–Trinajstić information content (AvgIpc) is 2.44. The SMILES string of the molecule is CC(C)[C@H](NC(=O)CCCC(=O)c1ccc(Cl)cc1)C(N)=O. The molecule has 0 bridgehead atoms. The Balaban J connectivity index is 2.40. The van der Waals surface area contributed by atoms with Crippen molar-refractivity contribution in [3.05, 3.63) is 34.9 Å². The monoisotopic (exact) mass is 324 g/mol. The molecule has 1 aromatic rings. The quantitative estimate of drug-likeness (QED) is 0.719. The van der Waals surface area contributed by atoms with E-state index in [9.17, 15) is 14.4 Å². The van der Waals surface area contributed by atoms with Gasteiger partial charge in [-0.15, -0.1) is 0 Å². The first-order valence-corrected chi connectivity index (χ1v) is 7.56. The molecule has 2 amide bonds. The van der Waals surface area contributed by atoms with E-state index in [1.54, 1.807) is 38.1 Å². The van der Waals surface area contributed by atoms with E-state index in [0.717, 1.165) is 0 Å². The maximum absolute atomic E-state index is 11.9. The predicted octanol–water partition coefficient (Wildman–Crippen LogP) is 2.32. The van der Waals surface area contributed by atoms with Crippen LogP contribution < -0.4 is 11.1 Å². The third-order valence-electron chi connectivity index (χ3n) is 3.26. The summed E-state index contributed by atoms with van der Waals surface area (Å²) in [7, 11) is 0. The highest BCUT2D eigenvalue weighted by atomic mass is 35.5. The summed E-state index contributed by atoms with van der Waals surface area (Å²) in [4.78, 5) is 34.9. The predicted molar refractivity (Wildman–Crippen MR) is 85.6 cm³/mol. The van der Waals surface area contributed by atoms with Gasteiger partial charge in [0.2, 0.25) is 11.8 Å². The van der Waals surface area contributed by atoms with Crippen LogP contribution in [0.15, 0.2) is 24.3 Å². The molecule has 0 heterocycles. The number of rotatable bonds is 8. The minimum atomic E-state index is -0.681. The second-order valence-electron chi connectivity index (χ2n) is 5.48. The first kappa shape index (κ1) is 18.2. The number of benzene rings is 1. The summed E-state index contributed by atoms with van der Waals surface area (Å²) in [6.45, 7) is 3.61. The lowest BCUT2D eigenvalue weighted by molar-refractivity contribution is -0.128. The van der Waals surface area contributed by atoms with Gasteiger partial charge in [-0.2, -0.15) is 0 Å². The summed E-state index contributed by atoms with van der Waals surface area (Å²) in [6.07, 6.45) is 0.852. The van der Waals surface area contributed by atoms with Gasteiger partial charge >= 0.3 is 0 Å². The molecular weight excluding hydrogens is 304 g/mol. The molecule has 3 N–H and O–H groups in total.